The van der Waals surface area contributed by atoms with Gasteiger partial charge in [-0.25, -0.2) is 0 Å². The SMILES string of the molecule is CCCCCCCCCCCCCCCCCC[N+](C)(C)C(CCNC)(CN1CCCC1=O)CN1CCCC1=O. The number of likely N-dealkylation sites (N-methyl/N-ethyl adjacent to an activating group) is 1. The Labute approximate surface area is 248 Å². The topological polar surface area (TPSA) is 52.7 Å². The maximum atomic E-state index is 12.7. The number of nitrogens with one attached hydrogen (secondary N) is 1. The summed E-state index contributed by atoms with van der Waals surface area (Å²) in [5.74, 6) is 0.591. The van der Waals surface area contributed by atoms with Gasteiger partial charge in [0.15, 0.2) is 0 Å². The first-order chi connectivity index (χ1) is 19.3. The zero-order valence-corrected chi connectivity index (χ0v) is 27.3. The molecular weight excluding hydrogens is 496 g/mol. The average molecular weight is 564 g/mol. The lowest BCUT2D eigenvalue weighted by Gasteiger charge is -2.52. The highest BCUT2D eigenvalue weighted by atomic mass is 16.2. The molecule has 0 unspecified atom stereocenters. The Kier molecular flexibility index (Phi) is 17.4. The van der Waals surface area contributed by atoms with E-state index in [0.29, 0.717) is 24.7 Å². The summed E-state index contributed by atoms with van der Waals surface area (Å²) in [4.78, 5) is 29.6. The minimum Gasteiger partial charge on any atom is -0.336 e. The van der Waals surface area contributed by atoms with Crippen molar-refractivity contribution in [2.24, 2.45) is 0 Å². The maximum Gasteiger partial charge on any atom is 0.222 e. The molecule has 0 aromatic carbocycles. The van der Waals surface area contributed by atoms with Crippen LogP contribution in [0.15, 0.2) is 0 Å². The predicted octanol–water partition coefficient (Wildman–Crippen LogP) is 6.92. The molecule has 0 spiro atoms. The summed E-state index contributed by atoms with van der Waals surface area (Å²) in [5.41, 5.74) is -0.140. The first-order valence-electron chi connectivity index (χ1n) is 17.4. The van der Waals surface area contributed by atoms with E-state index in [1.54, 1.807) is 0 Å². The van der Waals surface area contributed by atoms with E-state index in [9.17, 15) is 9.59 Å². The van der Waals surface area contributed by atoms with Gasteiger partial charge in [0.1, 0.15) is 5.54 Å². The molecule has 2 heterocycles. The van der Waals surface area contributed by atoms with Crippen molar-refractivity contribution in [1.29, 1.82) is 0 Å². The molecule has 2 saturated heterocycles. The Hall–Kier alpha value is -1.14. The third kappa shape index (κ3) is 12.4. The first-order valence-corrected chi connectivity index (χ1v) is 17.4. The lowest BCUT2D eigenvalue weighted by atomic mass is 9.88. The van der Waals surface area contributed by atoms with E-state index in [4.69, 9.17) is 0 Å². The van der Waals surface area contributed by atoms with Crippen molar-refractivity contribution in [3.8, 4) is 0 Å². The zero-order valence-electron chi connectivity index (χ0n) is 27.3. The summed E-state index contributed by atoms with van der Waals surface area (Å²) < 4.78 is 0.876. The Bertz CT molecular complexity index is 667. The van der Waals surface area contributed by atoms with Crippen molar-refractivity contribution in [3.63, 3.8) is 0 Å². The number of nitrogens with zero attached hydrogens (tertiary/aromatic N) is 3. The molecule has 40 heavy (non-hydrogen) atoms. The van der Waals surface area contributed by atoms with Crippen LogP contribution in [0.3, 0.4) is 0 Å². The third-order valence-corrected chi connectivity index (χ3v) is 10.0. The summed E-state index contributed by atoms with van der Waals surface area (Å²) in [6.45, 7) is 7.57. The Morgan fingerprint density at radius 1 is 0.675 bits per heavy atom. The number of hydrogen-bond acceptors (Lipinski definition) is 3. The van der Waals surface area contributed by atoms with Gasteiger partial charge in [-0.15, -0.1) is 0 Å². The van der Waals surface area contributed by atoms with E-state index in [1.807, 2.05) is 7.05 Å². The molecule has 234 valence electrons. The third-order valence-electron chi connectivity index (χ3n) is 10.0. The fraction of sp³-hybridized carbons (Fsp3) is 0.941. The molecule has 6 nitrogen and oxygen atoms in total. The Balaban J connectivity index is 1.73. The van der Waals surface area contributed by atoms with Gasteiger partial charge in [0.2, 0.25) is 11.8 Å². The quantitative estimate of drug-likeness (QED) is 0.0969. The Morgan fingerprint density at radius 2 is 1.07 bits per heavy atom. The van der Waals surface area contributed by atoms with Crippen LogP contribution in [-0.4, -0.2) is 92.0 Å². The largest absolute Gasteiger partial charge is 0.336 e. The van der Waals surface area contributed by atoms with Crippen molar-refractivity contribution in [1.82, 2.24) is 15.1 Å². The number of unbranched alkanes of at least 4 members (excludes halogenated alkanes) is 15. The van der Waals surface area contributed by atoms with Crippen LogP contribution in [0.25, 0.3) is 0 Å². The van der Waals surface area contributed by atoms with Crippen molar-refractivity contribution in [2.75, 3.05) is 60.4 Å². The minimum absolute atomic E-state index is 0.140. The summed E-state index contributed by atoms with van der Waals surface area (Å²) in [7, 11) is 6.74. The molecule has 2 fully saturated rings. The van der Waals surface area contributed by atoms with Gasteiger partial charge in [0, 0.05) is 38.9 Å². The number of carbonyl (C=O) groups excluding carboxylic acids is 2. The second-order valence-corrected chi connectivity index (χ2v) is 13.6. The van der Waals surface area contributed by atoms with Crippen LogP contribution in [0.5, 0.6) is 0 Å². The normalized spacial score (nSPS) is 16.6. The predicted molar refractivity (Wildman–Crippen MR) is 169 cm³/mol. The van der Waals surface area contributed by atoms with Crippen LogP contribution in [0.2, 0.25) is 0 Å². The maximum absolute atomic E-state index is 12.7. The fourth-order valence-electron chi connectivity index (χ4n) is 7.00. The molecule has 0 atom stereocenters. The van der Waals surface area contributed by atoms with E-state index in [2.05, 4.69) is 36.1 Å². The molecular formula is C34H67N4O2+. The van der Waals surface area contributed by atoms with Crippen molar-refractivity contribution < 1.29 is 14.1 Å². The monoisotopic (exact) mass is 564 g/mol. The van der Waals surface area contributed by atoms with Gasteiger partial charge in [0.05, 0.1) is 33.7 Å². The number of likely N-dealkylation sites (tertiary alicyclic amines) is 2. The summed E-state index contributed by atoms with van der Waals surface area (Å²) in [6.07, 6.45) is 26.5. The highest BCUT2D eigenvalue weighted by molar-refractivity contribution is 5.79. The number of rotatable bonds is 25. The molecule has 2 aliphatic heterocycles. The van der Waals surface area contributed by atoms with Gasteiger partial charge in [-0.05, 0) is 32.7 Å². The molecule has 2 amide bonds. The Morgan fingerprint density at radius 3 is 1.43 bits per heavy atom. The highest BCUT2D eigenvalue weighted by Gasteiger charge is 2.49. The lowest BCUT2D eigenvalue weighted by molar-refractivity contribution is -0.941. The summed E-state index contributed by atoms with van der Waals surface area (Å²) in [6, 6.07) is 0. The van der Waals surface area contributed by atoms with Gasteiger partial charge < -0.3 is 19.6 Å². The molecule has 1 N–H and O–H groups in total. The van der Waals surface area contributed by atoms with Crippen LogP contribution in [0.1, 0.15) is 142 Å². The smallest absolute Gasteiger partial charge is 0.222 e. The van der Waals surface area contributed by atoms with Crippen LogP contribution in [0, 0.1) is 0 Å². The molecule has 2 rings (SSSR count). The minimum atomic E-state index is -0.140. The second-order valence-electron chi connectivity index (χ2n) is 13.6. The van der Waals surface area contributed by atoms with Crippen LogP contribution < -0.4 is 5.32 Å². The molecule has 2 aliphatic rings. The van der Waals surface area contributed by atoms with Gasteiger partial charge >= 0.3 is 0 Å². The zero-order chi connectivity index (χ0) is 29.1. The summed E-state index contributed by atoms with van der Waals surface area (Å²) >= 11 is 0. The second kappa shape index (κ2) is 19.9. The van der Waals surface area contributed by atoms with Crippen molar-refractivity contribution in [3.05, 3.63) is 0 Å². The number of hydrogen-bond donors (Lipinski definition) is 1. The molecule has 0 saturated carbocycles. The van der Waals surface area contributed by atoms with Crippen LogP contribution in [-0.2, 0) is 9.59 Å². The fourth-order valence-corrected chi connectivity index (χ4v) is 7.00. The number of carbonyl (C=O) groups is 2. The van der Waals surface area contributed by atoms with Crippen LogP contribution in [0.4, 0.5) is 0 Å². The average Bonchev–Trinajstić information content (AvgIpc) is 3.53. The van der Waals surface area contributed by atoms with Crippen molar-refractivity contribution in [2.45, 2.75) is 147 Å². The molecule has 0 aromatic heterocycles. The number of amides is 2. The van der Waals surface area contributed by atoms with Crippen molar-refractivity contribution >= 4 is 11.8 Å². The van der Waals surface area contributed by atoms with E-state index >= 15 is 0 Å². The lowest BCUT2D eigenvalue weighted by Crippen LogP contribution is -2.69. The standard InChI is InChI=1S/C34H67N4O2/c1-5-6-7-8-9-10-11-12-13-14-15-16-17-18-19-20-29-38(3,4)34(25-26-35-2,30-36-27-21-23-32(36)39)31-37-28-22-24-33(37)40/h35H,5-31H2,1-4H3/q+1. The highest BCUT2D eigenvalue weighted by Crippen LogP contribution is 2.32. The molecule has 0 bridgehead atoms. The van der Waals surface area contributed by atoms with Gasteiger partial charge in [0.25, 0.3) is 0 Å². The van der Waals surface area contributed by atoms with Gasteiger partial charge in [-0.3, -0.25) is 9.59 Å². The molecule has 0 aliphatic carbocycles. The van der Waals surface area contributed by atoms with E-state index in [0.717, 1.165) is 63.0 Å². The molecule has 6 heteroatoms. The number of quaternary nitrogens is 1. The first kappa shape index (κ1) is 35.1. The van der Waals surface area contributed by atoms with Crippen LogP contribution >= 0.6 is 0 Å². The van der Waals surface area contributed by atoms with E-state index in [-0.39, 0.29) is 5.54 Å². The molecule has 0 aromatic rings. The summed E-state index contributed by atoms with van der Waals surface area (Å²) in [5, 5.41) is 3.37. The molecule has 0 radical (unpaired) electrons. The van der Waals surface area contributed by atoms with Gasteiger partial charge in [-0.2, -0.15) is 0 Å². The van der Waals surface area contributed by atoms with Gasteiger partial charge in [-0.1, -0.05) is 96.8 Å². The van der Waals surface area contributed by atoms with E-state index < -0.39 is 0 Å². The van der Waals surface area contributed by atoms with E-state index in [1.165, 1.54) is 103 Å².